The summed E-state index contributed by atoms with van der Waals surface area (Å²) >= 11 is 0. The number of hydrogen-bond acceptors (Lipinski definition) is 7. The van der Waals surface area contributed by atoms with Crippen LogP contribution in [0.25, 0.3) is 6.08 Å². The van der Waals surface area contributed by atoms with Crippen molar-refractivity contribution in [1.82, 2.24) is 9.55 Å². The third kappa shape index (κ3) is 5.36. The van der Waals surface area contributed by atoms with E-state index in [2.05, 4.69) is 4.98 Å². The monoisotopic (exact) mass is 466 g/mol. The molecule has 34 heavy (non-hydrogen) atoms. The van der Waals surface area contributed by atoms with Gasteiger partial charge in [0.15, 0.2) is 5.69 Å². The minimum Gasteiger partial charge on any atom is -0.497 e. The molecule has 10 heteroatoms. The number of aliphatic hydroxyl groups excluding tert-OH is 1. The van der Waals surface area contributed by atoms with Crippen molar-refractivity contribution in [3.63, 3.8) is 0 Å². The fraction of sp³-hybridized carbons (Fsp3) is 0.208. The van der Waals surface area contributed by atoms with Gasteiger partial charge in [0.2, 0.25) is 0 Å². The molecule has 0 spiro atoms. The largest absolute Gasteiger partial charge is 0.497 e. The molecule has 0 radical (unpaired) electrons. The number of aliphatic hydroxyl groups is 1. The van der Waals surface area contributed by atoms with E-state index in [4.69, 9.17) is 15.2 Å². The SMILES string of the molecule is COc1ccc(OC)c(C=CC(=O)N(CCO)c2c(N)n(Cc3ccccc3)c(=O)[nH]c2=O)c1. The summed E-state index contributed by atoms with van der Waals surface area (Å²) in [5.74, 6) is 0.258. The first-order chi connectivity index (χ1) is 16.4. The fourth-order valence-corrected chi connectivity index (χ4v) is 3.41. The highest BCUT2D eigenvalue weighted by Crippen LogP contribution is 2.25. The molecule has 178 valence electrons. The molecule has 3 rings (SSSR count). The number of hydrogen-bond donors (Lipinski definition) is 3. The van der Waals surface area contributed by atoms with Crippen molar-refractivity contribution in [2.75, 3.05) is 38.0 Å². The molecule has 0 atom stereocenters. The van der Waals surface area contributed by atoms with Crippen molar-refractivity contribution in [2.24, 2.45) is 0 Å². The lowest BCUT2D eigenvalue weighted by atomic mass is 10.1. The van der Waals surface area contributed by atoms with Crippen LogP contribution in [0.5, 0.6) is 11.5 Å². The summed E-state index contributed by atoms with van der Waals surface area (Å²) in [5, 5.41) is 9.55. The lowest BCUT2D eigenvalue weighted by Crippen LogP contribution is -2.41. The van der Waals surface area contributed by atoms with E-state index in [-0.39, 0.29) is 24.6 Å². The number of anilines is 2. The Morgan fingerprint density at radius 2 is 1.88 bits per heavy atom. The van der Waals surface area contributed by atoms with Crippen LogP contribution < -0.4 is 31.4 Å². The van der Waals surface area contributed by atoms with Crippen LogP contribution in [0.2, 0.25) is 0 Å². The van der Waals surface area contributed by atoms with Crippen LogP contribution >= 0.6 is 0 Å². The number of rotatable bonds is 9. The van der Waals surface area contributed by atoms with Gasteiger partial charge in [0.05, 0.1) is 27.4 Å². The maximum atomic E-state index is 13.1. The van der Waals surface area contributed by atoms with Gasteiger partial charge in [-0.2, -0.15) is 0 Å². The molecular weight excluding hydrogens is 440 g/mol. The lowest BCUT2D eigenvalue weighted by molar-refractivity contribution is -0.114. The third-order valence-electron chi connectivity index (χ3n) is 5.10. The number of amides is 1. The van der Waals surface area contributed by atoms with Gasteiger partial charge in [-0.1, -0.05) is 30.3 Å². The van der Waals surface area contributed by atoms with Crippen molar-refractivity contribution < 1.29 is 19.4 Å². The molecule has 0 saturated carbocycles. The number of carbonyl (C=O) groups excluding carboxylic acids is 1. The maximum Gasteiger partial charge on any atom is 0.330 e. The average Bonchev–Trinajstić information content (AvgIpc) is 2.84. The normalized spacial score (nSPS) is 10.9. The van der Waals surface area contributed by atoms with E-state index in [1.807, 2.05) is 18.2 Å². The van der Waals surface area contributed by atoms with Gasteiger partial charge in [0.1, 0.15) is 17.3 Å². The first-order valence-electron chi connectivity index (χ1n) is 10.4. The maximum absolute atomic E-state index is 13.1. The average molecular weight is 466 g/mol. The molecule has 4 N–H and O–H groups in total. The van der Waals surface area contributed by atoms with Crippen molar-refractivity contribution in [3.05, 3.63) is 86.6 Å². The second-order valence-electron chi connectivity index (χ2n) is 7.22. The number of nitrogens with one attached hydrogen (secondary N) is 1. The predicted molar refractivity (Wildman–Crippen MR) is 129 cm³/mol. The number of nitrogens with zero attached hydrogens (tertiary/aromatic N) is 2. The van der Waals surface area contributed by atoms with Crippen LogP contribution in [-0.2, 0) is 11.3 Å². The Hall–Kier alpha value is -4.31. The quantitative estimate of drug-likeness (QED) is 0.403. The zero-order valence-electron chi connectivity index (χ0n) is 18.9. The highest BCUT2D eigenvalue weighted by Gasteiger charge is 2.23. The molecule has 0 bridgehead atoms. The minimum atomic E-state index is -0.832. The number of carbonyl (C=O) groups is 1. The first kappa shape index (κ1) is 24.3. The van der Waals surface area contributed by atoms with E-state index in [1.165, 1.54) is 30.9 Å². The number of H-pyrrole nitrogens is 1. The summed E-state index contributed by atoms with van der Waals surface area (Å²) in [6.07, 6.45) is 2.72. The Morgan fingerprint density at radius 1 is 1.15 bits per heavy atom. The van der Waals surface area contributed by atoms with Gasteiger partial charge in [0.25, 0.3) is 11.5 Å². The molecule has 10 nitrogen and oxygen atoms in total. The van der Waals surface area contributed by atoms with E-state index in [0.717, 1.165) is 10.5 Å². The van der Waals surface area contributed by atoms with E-state index in [0.29, 0.717) is 17.1 Å². The molecule has 3 aromatic rings. The van der Waals surface area contributed by atoms with Crippen LogP contribution in [-0.4, -0.2) is 47.9 Å². The van der Waals surface area contributed by atoms with Crippen LogP contribution in [0.1, 0.15) is 11.1 Å². The van der Waals surface area contributed by atoms with Gasteiger partial charge in [-0.25, -0.2) is 4.79 Å². The molecular formula is C24H26N4O6. The van der Waals surface area contributed by atoms with E-state index in [9.17, 15) is 19.5 Å². The molecule has 1 amide bonds. The molecule has 0 aliphatic heterocycles. The second-order valence-corrected chi connectivity index (χ2v) is 7.22. The Morgan fingerprint density at radius 3 is 2.53 bits per heavy atom. The van der Waals surface area contributed by atoms with Gasteiger partial charge in [-0.05, 0) is 29.8 Å². The van der Waals surface area contributed by atoms with Gasteiger partial charge < -0.3 is 20.3 Å². The number of aromatic amines is 1. The van der Waals surface area contributed by atoms with E-state index in [1.54, 1.807) is 30.3 Å². The molecule has 0 aliphatic rings. The van der Waals surface area contributed by atoms with Crippen LogP contribution in [0.4, 0.5) is 11.5 Å². The highest BCUT2D eigenvalue weighted by molar-refractivity contribution is 6.05. The standard InChI is InChI=1S/C24H26N4O6/c1-33-18-9-10-19(34-2)17(14-18)8-11-20(30)27(12-13-29)21-22(25)28(24(32)26-23(21)31)15-16-6-4-3-5-7-16/h3-11,14,29H,12-13,15,25H2,1-2H3,(H,26,31,32). The van der Waals surface area contributed by atoms with Crippen LogP contribution in [0, 0.1) is 0 Å². The van der Waals surface area contributed by atoms with Crippen molar-refractivity contribution in [3.8, 4) is 11.5 Å². The van der Waals surface area contributed by atoms with Crippen LogP contribution in [0.3, 0.4) is 0 Å². The molecule has 1 heterocycles. The number of methoxy groups -OCH3 is 2. The number of nitrogen functional groups attached to an aromatic ring is 1. The van der Waals surface area contributed by atoms with Crippen molar-refractivity contribution in [2.45, 2.75) is 6.54 Å². The number of ether oxygens (including phenoxy) is 2. The molecule has 0 saturated heterocycles. The number of nitrogens with two attached hydrogens (primary N) is 1. The number of aromatic nitrogens is 2. The molecule has 0 aliphatic carbocycles. The summed E-state index contributed by atoms with van der Waals surface area (Å²) in [4.78, 5) is 41.4. The van der Waals surface area contributed by atoms with Gasteiger partial charge in [-0.15, -0.1) is 0 Å². The van der Waals surface area contributed by atoms with Gasteiger partial charge in [0, 0.05) is 18.2 Å². The molecule has 0 fully saturated rings. The minimum absolute atomic E-state index is 0.0906. The topological polar surface area (TPSA) is 140 Å². The molecule has 0 unspecified atom stereocenters. The second kappa shape index (κ2) is 11.0. The summed E-state index contributed by atoms with van der Waals surface area (Å²) in [6.45, 7) is -0.554. The Bertz CT molecular complexity index is 1300. The molecule has 2 aromatic carbocycles. The first-order valence-corrected chi connectivity index (χ1v) is 10.4. The zero-order chi connectivity index (χ0) is 24.7. The third-order valence-corrected chi connectivity index (χ3v) is 5.10. The predicted octanol–water partition coefficient (Wildman–Crippen LogP) is 1.22. The van der Waals surface area contributed by atoms with Gasteiger partial charge >= 0.3 is 5.69 Å². The summed E-state index contributed by atoms with van der Waals surface area (Å²) in [5.41, 5.74) is 5.78. The summed E-state index contributed by atoms with van der Waals surface area (Å²) in [7, 11) is 3.01. The van der Waals surface area contributed by atoms with Crippen molar-refractivity contribution >= 4 is 23.5 Å². The van der Waals surface area contributed by atoms with Crippen molar-refractivity contribution in [1.29, 1.82) is 0 Å². The van der Waals surface area contributed by atoms with Gasteiger partial charge in [-0.3, -0.25) is 24.0 Å². The summed E-state index contributed by atoms with van der Waals surface area (Å²) < 4.78 is 11.7. The Balaban J connectivity index is 2.01. The smallest absolute Gasteiger partial charge is 0.330 e. The highest BCUT2D eigenvalue weighted by atomic mass is 16.5. The Labute approximate surface area is 195 Å². The summed E-state index contributed by atoms with van der Waals surface area (Å²) in [6, 6.07) is 14.1. The van der Waals surface area contributed by atoms with E-state index < -0.39 is 23.8 Å². The zero-order valence-corrected chi connectivity index (χ0v) is 18.9. The fourth-order valence-electron chi connectivity index (χ4n) is 3.41. The Kier molecular flexibility index (Phi) is 7.88. The molecule has 1 aromatic heterocycles. The van der Waals surface area contributed by atoms with E-state index >= 15 is 0 Å². The number of benzene rings is 2. The lowest BCUT2D eigenvalue weighted by Gasteiger charge is -2.22. The van der Waals surface area contributed by atoms with Crippen LogP contribution in [0.15, 0.2) is 64.2 Å².